The van der Waals surface area contributed by atoms with E-state index in [1.54, 1.807) is 0 Å². The third kappa shape index (κ3) is 5.46. The lowest BCUT2D eigenvalue weighted by Crippen LogP contribution is -2.35. The van der Waals surface area contributed by atoms with Crippen molar-refractivity contribution in [3.63, 3.8) is 0 Å². The first kappa shape index (κ1) is 13.7. The monoisotopic (exact) mass is 257 g/mol. The molecule has 0 aromatic heterocycles. The predicted octanol–water partition coefficient (Wildman–Crippen LogP) is 0.667. The molecule has 0 bridgehead atoms. The molecule has 0 aliphatic rings. The molecule has 0 heterocycles. The van der Waals surface area contributed by atoms with Gasteiger partial charge in [-0.25, -0.2) is 0 Å². The van der Waals surface area contributed by atoms with Gasteiger partial charge in [0.1, 0.15) is 0 Å². The highest BCUT2D eigenvalue weighted by atomic mass is 32.2. The smallest absolute Gasteiger partial charge is 0.265 e. The number of carbonyl (C=O) groups is 1. The maximum absolute atomic E-state index is 11.5. The van der Waals surface area contributed by atoms with Gasteiger partial charge in [-0.15, -0.1) is 0 Å². The second kappa shape index (κ2) is 5.79. The van der Waals surface area contributed by atoms with Crippen LogP contribution in [0.2, 0.25) is 0 Å². The number of amides is 1. The van der Waals surface area contributed by atoms with Crippen molar-refractivity contribution in [1.29, 1.82) is 0 Å². The molecule has 1 aromatic rings. The Hall–Kier alpha value is -1.40. The van der Waals surface area contributed by atoms with Crippen molar-refractivity contribution in [2.75, 3.05) is 6.26 Å². The van der Waals surface area contributed by atoms with Crippen LogP contribution in [0.4, 0.5) is 0 Å². The van der Waals surface area contributed by atoms with Crippen LogP contribution >= 0.6 is 0 Å². The number of hydrogen-bond donors (Lipinski definition) is 1. The quantitative estimate of drug-likeness (QED) is 0.787. The fourth-order valence-electron chi connectivity index (χ4n) is 1.23. The van der Waals surface area contributed by atoms with Crippen LogP contribution in [-0.4, -0.2) is 26.7 Å². The zero-order valence-electron chi connectivity index (χ0n) is 9.71. The molecule has 1 rings (SSSR count). The van der Waals surface area contributed by atoms with E-state index in [4.69, 9.17) is 0 Å². The van der Waals surface area contributed by atoms with Crippen LogP contribution in [0, 0.1) is 0 Å². The molecule has 0 aliphatic carbocycles. The van der Waals surface area contributed by atoms with E-state index in [2.05, 4.69) is 9.50 Å². The van der Waals surface area contributed by atoms with Gasteiger partial charge in [-0.1, -0.05) is 30.3 Å². The van der Waals surface area contributed by atoms with Gasteiger partial charge < -0.3 is 5.32 Å². The lowest BCUT2D eigenvalue weighted by atomic mass is 10.2. The van der Waals surface area contributed by atoms with Crippen LogP contribution in [0.3, 0.4) is 0 Å². The normalized spacial score (nSPS) is 13.1. The van der Waals surface area contributed by atoms with Gasteiger partial charge in [0.25, 0.3) is 16.0 Å². The van der Waals surface area contributed by atoms with Gasteiger partial charge in [0.05, 0.1) is 6.26 Å². The fraction of sp³-hybridized carbons (Fsp3) is 0.364. The third-order valence-electron chi connectivity index (χ3n) is 2.00. The van der Waals surface area contributed by atoms with Gasteiger partial charge in [-0.2, -0.15) is 8.42 Å². The van der Waals surface area contributed by atoms with Crippen LogP contribution < -0.4 is 5.32 Å². The average Bonchev–Trinajstić information content (AvgIpc) is 2.25. The molecule has 0 radical (unpaired) electrons. The van der Waals surface area contributed by atoms with Crippen molar-refractivity contribution in [3.8, 4) is 0 Å². The van der Waals surface area contributed by atoms with Gasteiger partial charge in [0.2, 0.25) is 0 Å². The standard InChI is InChI=1S/C11H15NO4S/c1-9(16-17(2,14)15)11(13)12-8-10-6-4-3-5-7-10/h3-7,9H,8H2,1-2H3,(H,12,13)/t9-/m0/s1. The second-order valence-corrected chi connectivity index (χ2v) is 5.25. The molecule has 0 fully saturated rings. The molecule has 0 spiro atoms. The Kier molecular flexibility index (Phi) is 4.65. The fourth-order valence-corrected chi connectivity index (χ4v) is 1.85. The molecule has 0 unspecified atom stereocenters. The van der Waals surface area contributed by atoms with Crippen LogP contribution in [0.5, 0.6) is 0 Å². The average molecular weight is 257 g/mol. The molecule has 6 heteroatoms. The molecular weight excluding hydrogens is 242 g/mol. The summed E-state index contributed by atoms with van der Waals surface area (Å²) in [5.74, 6) is -0.459. The minimum atomic E-state index is -3.61. The maximum Gasteiger partial charge on any atom is 0.265 e. The molecule has 0 saturated heterocycles. The van der Waals surface area contributed by atoms with Gasteiger partial charge in [0, 0.05) is 6.54 Å². The summed E-state index contributed by atoms with van der Waals surface area (Å²) in [6, 6.07) is 9.32. The largest absolute Gasteiger partial charge is 0.350 e. The summed E-state index contributed by atoms with van der Waals surface area (Å²) in [7, 11) is -3.61. The Morgan fingerprint density at radius 1 is 1.35 bits per heavy atom. The molecule has 94 valence electrons. The van der Waals surface area contributed by atoms with E-state index in [0.717, 1.165) is 11.8 Å². The zero-order chi connectivity index (χ0) is 12.9. The minimum Gasteiger partial charge on any atom is -0.350 e. The first-order valence-electron chi connectivity index (χ1n) is 5.08. The van der Waals surface area contributed by atoms with Crippen LogP contribution in [0.1, 0.15) is 12.5 Å². The Bertz CT molecular complexity index is 470. The van der Waals surface area contributed by atoms with Gasteiger partial charge in [0.15, 0.2) is 6.10 Å². The molecule has 1 aromatic carbocycles. The van der Waals surface area contributed by atoms with Crippen molar-refractivity contribution in [2.24, 2.45) is 0 Å². The highest BCUT2D eigenvalue weighted by Gasteiger charge is 2.17. The van der Waals surface area contributed by atoms with Gasteiger partial charge in [-0.3, -0.25) is 8.98 Å². The highest BCUT2D eigenvalue weighted by molar-refractivity contribution is 7.86. The van der Waals surface area contributed by atoms with Crippen molar-refractivity contribution < 1.29 is 17.4 Å². The number of benzene rings is 1. The minimum absolute atomic E-state index is 0.344. The van der Waals surface area contributed by atoms with Crippen molar-refractivity contribution in [2.45, 2.75) is 19.6 Å². The zero-order valence-corrected chi connectivity index (χ0v) is 10.5. The lowest BCUT2D eigenvalue weighted by molar-refractivity contribution is -0.127. The van der Waals surface area contributed by atoms with E-state index < -0.39 is 22.1 Å². The van der Waals surface area contributed by atoms with Crippen LogP contribution in [-0.2, 0) is 25.6 Å². The van der Waals surface area contributed by atoms with E-state index >= 15 is 0 Å². The van der Waals surface area contributed by atoms with Gasteiger partial charge in [-0.05, 0) is 12.5 Å². The number of rotatable bonds is 5. The first-order chi connectivity index (χ1) is 7.88. The van der Waals surface area contributed by atoms with E-state index in [9.17, 15) is 13.2 Å². The summed E-state index contributed by atoms with van der Waals surface area (Å²) >= 11 is 0. The Balaban J connectivity index is 2.45. The Morgan fingerprint density at radius 3 is 2.47 bits per heavy atom. The molecule has 1 atom stereocenters. The molecular formula is C11H15NO4S. The number of hydrogen-bond acceptors (Lipinski definition) is 4. The van der Waals surface area contributed by atoms with E-state index in [0.29, 0.717) is 6.54 Å². The van der Waals surface area contributed by atoms with Crippen LogP contribution in [0.25, 0.3) is 0 Å². The van der Waals surface area contributed by atoms with Crippen LogP contribution in [0.15, 0.2) is 30.3 Å². The molecule has 1 N–H and O–H groups in total. The summed E-state index contributed by atoms with van der Waals surface area (Å²) in [4.78, 5) is 11.5. The summed E-state index contributed by atoms with van der Waals surface area (Å²) in [6.45, 7) is 1.73. The summed E-state index contributed by atoms with van der Waals surface area (Å²) < 4.78 is 26.2. The second-order valence-electron chi connectivity index (χ2n) is 3.65. The molecule has 17 heavy (non-hydrogen) atoms. The topological polar surface area (TPSA) is 72.5 Å². The SMILES string of the molecule is C[C@H](OS(C)(=O)=O)C(=O)NCc1ccccc1. The molecule has 0 aliphatic heterocycles. The number of carbonyl (C=O) groups excluding carboxylic acids is 1. The third-order valence-corrected chi connectivity index (χ3v) is 2.64. The van der Waals surface area contributed by atoms with Gasteiger partial charge >= 0.3 is 0 Å². The molecule has 1 amide bonds. The molecule has 0 saturated carbocycles. The van der Waals surface area contributed by atoms with Crippen molar-refractivity contribution in [1.82, 2.24) is 5.32 Å². The van der Waals surface area contributed by atoms with E-state index in [1.165, 1.54) is 6.92 Å². The summed E-state index contributed by atoms with van der Waals surface area (Å²) in [5, 5.41) is 2.59. The predicted molar refractivity (Wildman–Crippen MR) is 63.7 cm³/mol. The number of nitrogens with one attached hydrogen (secondary N) is 1. The Morgan fingerprint density at radius 2 is 1.94 bits per heavy atom. The van der Waals surface area contributed by atoms with Crippen molar-refractivity contribution in [3.05, 3.63) is 35.9 Å². The first-order valence-corrected chi connectivity index (χ1v) is 6.90. The maximum atomic E-state index is 11.5. The van der Waals surface area contributed by atoms with E-state index in [-0.39, 0.29) is 0 Å². The summed E-state index contributed by atoms with van der Waals surface area (Å²) in [6.07, 6.45) is -0.109. The van der Waals surface area contributed by atoms with E-state index in [1.807, 2.05) is 30.3 Å². The summed E-state index contributed by atoms with van der Waals surface area (Å²) in [5.41, 5.74) is 0.937. The highest BCUT2D eigenvalue weighted by Crippen LogP contribution is 2.00. The Labute approximate surface area is 101 Å². The molecule has 5 nitrogen and oxygen atoms in total. The lowest BCUT2D eigenvalue weighted by Gasteiger charge is -2.11. The van der Waals surface area contributed by atoms with Crippen molar-refractivity contribution >= 4 is 16.0 Å².